The predicted octanol–water partition coefficient (Wildman–Crippen LogP) is 3.16. The third-order valence-corrected chi connectivity index (χ3v) is 3.04. The number of nitrogens with zero attached hydrogens (tertiary/aromatic N) is 3. The Morgan fingerprint density at radius 2 is 1.75 bits per heavy atom. The summed E-state index contributed by atoms with van der Waals surface area (Å²) in [5.74, 6) is 0. The monoisotopic (exact) mass is 273 g/mol. The molecule has 78 valence electrons. The van der Waals surface area contributed by atoms with Gasteiger partial charge in [-0.05, 0) is 28.1 Å². The first-order valence-corrected chi connectivity index (χ1v) is 5.71. The summed E-state index contributed by atoms with van der Waals surface area (Å²) in [5, 5.41) is 8.32. The largest absolute Gasteiger partial charge is 0.206 e. The lowest BCUT2D eigenvalue weighted by Gasteiger charge is -1.97. The molecule has 3 aromatic rings. The van der Waals surface area contributed by atoms with Gasteiger partial charge < -0.3 is 0 Å². The lowest BCUT2D eigenvalue weighted by atomic mass is 10.1. The molecule has 1 aromatic carbocycles. The van der Waals surface area contributed by atoms with Crippen molar-refractivity contribution in [1.82, 2.24) is 14.8 Å². The van der Waals surface area contributed by atoms with E-state index in [9.17, 15) is 0 Å². The number of fused-ring (bicyclic) bond motifs is 1. The van der Waals surface area contributed by atoms with E-state index in [1.807, 2.05) is 48.5 Å². The first kappa shape index (κ1) is 9.54. The van der Waals surface area contributed by atoms with E-state index in [2.05, 4.69) is 26.2 Å². The Hall–Kier alpha value is -1.68. The molecule has 2 heterocycles. The fourth-order valence-electron chi connectivity index (χ4n) is 1.69. The summed E-state index contributed by atoms with van der Waals surface area (Å²) in [5.41, 5.74) is 2.98. The SMILES string of the molecule is Brc1cccc2c(-c3ccccc3)nnn12. The Balaban J connectivity index is 2.30. The van der Waals surface area contributed by atoms with E-state index >= 15 is 0 Å². The van der Waals surface area contributed by atoms with Crippen LogP contribution in [0.4, 0.5) is 0 Å². The molecule has 0 fully saturated rings. The number of halogens is 1. The number of aromatic nitrogens is 3. The van der Waals surface area contributed by atoms with Crippen LogP contribution < -0.4 is 0 Å². The molecule has 0 radical (unpaired) electrons. The van der Waals surface area contributed by atoms with Crippen molar-refractivity contribution < 1.29 is 0 Å². The van der Waals surface area contributed by atoms with Crippen LogP contribution >= 0.6 is 15.9 Å². The van der Waals surface area contributed by atoms with Crippen LogP contribution in [0.5, 0.6) is 0 Å². The highest BCUT2D eigenvalue weighted by molar-refractivity contribution is 9.10. The Bertz CT molecular complexity index is 631. The lowest BCUT2D eigenvalue weighted by Crippen LogP contribution is -1.87. The Labute approximate surface area is 101 Å². The third-order valence-electron chi connectivity index (χ3n) is 2.44. The van der Waals surface area contributed by atoms with Crippen LogP contribution in [0.3, 0.4) is 0 Å². The average molecular weight is 274 g/mol. The molecule has 4 heteroatoms. The van der Waals surface area contributed by atoms with Crippen molar-refractivity contribution in [3.63, 3.8) is 0 Å². The van der Waals surface area contributed by atoms with Gasteiger partial charge in [0.2, 0.25) is 0 Å². The van der Waals surface area contributed by atoms with Gasteiger partial charge in [-0.15, -0.1) is 5.10 Å². The van der Waals surface area contributed by atoms with Gasteiger partial charge in [-0.2, -0.15) is 0 Å². The van der Waals surface area contributed by atoms with Crippen molar-refractivity contribution in [2.24, 2.45) is 0 Å². The second-order valence-electron chi connectivity index (χ2n) is 3.45. The highest BCUT2D eigenvalue weighted by Crippen LogP contribution is 2.23. The van der Waals surface area contributed by atoms with Crippen LogP contribution in [0.15, 0.2) is 53.1 Å². The summed E-state index contributed by atoms with van der Waals surface area (Å²) in [7, 11) is 0. The third kappa shape index (κ3) is 1.42. The van der Waals surface area contributed by atoms with Gasteiger partial charge in [0.25, 0.3) is 0 Å². The molecule has 3 nitrogen and oxygen atoms in total. The zero-order valence-corrected chi connectivity index (χ0v) is 9.92. The van der Waals surface area contributed by atoms with Crippen LogP contribution in [-0.4, -0.2) is 14.8 Å². The summed E-state index contributed by atoms with van der Waals surface area (Å²) in [6.45, 7) is 0. The standard InChI is InChI=1S/C12H8BrN3/c13-11-8-4-7-10-12(14-15-16(10)11)9-5-2-1-3-6-9/h1-8H. The first-order chi connectivity index (χ1) is 7.86. The fourth-order valence-corrected chi connectivity index (χ4v) is 2.10. The first-order valence-electron chi connectivity index (χ1n) is 4.91. The zero-order chi connectivity index (χ0) is 11.0. The van der Waals surface area contributed by atoms with Crippen molar-refractivity contribution in [2.75, 3.05) is 0 Å². The van der Waals surface area contributed by atoms with Crippen molar-refractivity contribution in [3.05, 3.63) is 53.1 Å². The maximum atomic E-state index is 4.21. The van der Waals surface area contributed by atoms with E-state index in [0.29, 0.717) is 0 Å². The molecule has 0 spiro atoms. The Morgan fingerprint density at radius 3 is 2.56 bits per heavy atom. The van der Waals surface area contributed by atoms with Gasteiger partial charge in [0.15, 0.2) is 0 Å². The second kappa shape index (κ2) is 3.72. The van der Waals surface area contributed by atoms with Crippen LogP contribution in [0.2, 0.25) is 0 Å². The smallest absolute Gasteiger partial charge is 0.120 e. The molecule has 2 aromatic heterocycles. The van der Waals surface area contributed by atoms with E-state index in [1.165, 1.54) is 0 Å². The van der Waals surface area contributed by atoms with Gasteiger partial charge in [0.05, 0.1) is 5.52 Å². The normalized spacial score (nSPS) is 10.8. The number of rotatable bonds is 1. The van der Waals surface area contributed by atoms with E-state index < -0.39 is 0 Å². The Kier molecular flexibility index (Phi) is 2.22. The van der Waals surface area contributed by atoms with E-state index in [0.717, 1.165) is 21.4 Å². The summed E-state index contributed by atoms with van der Waals surface area (Å²) in [6, 6.07) is 16.0. The molecule has 0 amide bonds. The van der Waals surface area contributed by atoms with E-state index in [-0.39, 0.29) is 0 Å². The minimum Gasteiger partial charge on any atom is -0.206 e. The number of pyridine rings is 1. The van der Waals surface area contributed by atoms with Crippen LogP contribution in [0, 0.1) is 0 Å². The summed E-state index contributed by atoms with van der Waals surface area (Å²) < 4.78 is 2.68. The predicted molar refractivity (Wildman–Crippen MR) is 66.1 cm³/mol. The highest BCUT2D eigenvalue weighted by atomic mass is 79.9. The molecular weight excluding hydrogens is 266 g/mol. The van der Waals surface area contributed by atoms with Gasteiger partial charge in [-0.25, -0.2) is 4.52 Å². The van der Waals surface area contributed by atoms with Crippen LogP contribution in [0.25, 0.3) is 16.8 Å². The quantitative estimate of drug-likeness (QED) is 0.638. The van der Waals surface area contributed by atoms with Gasteiger partial charge in [-0.3, -0.25) is 0 Å². The van der Waals surface area contributed by atoms with Gasteiger partial charge >= 0.3 is 0 Å². The minimum atomic E-state index is 0.902. The van der Waals surface area contributed by atoms with E-state index in [4.69, 9.17) is 0 Å². The number of benzene rings is 1. The number of hydrogen-bond donors (Lipinski definition) is 0. The molecule has 0 saturated heterocycles. The molecule has 16 heavy (non-hydrogen) atoms. The highest BCUT2D eigenvalue weighted by Gasteiger charge is 2.08. The summed E-state index contributed by atoms with van der Waals surface area (Å²) in [4.78, 5) is 0. The molecule has 0 atom stereocenters. The molecule has 0 bridgehead atoms. The van der Waals surface area contributed by atoms with E-state index in [1.54, 1.807) is 4.52 Å². The molecule has 0 unspecified atom stereocenters. The van der Waals surface area contributed by atoms with Gasteiger partial charge in [0, 0.05) is 5.56 Å². The van der Waals surface area contributed by atoms with Crippen molar-refractivity contribution >= 4 is 21.4 Å². The van der Waals surface area contributed by atoms with Crippen molar-refractivity contribution in [2.45, 2.75) is 0 Å². The maximum Gasteiger partial charge on any atom is 0.120 e. The minimum absolute atomic E-state index is 0.902. The summed E-state index contributed by atoms with van der Waals surface area (Å²) in [6.07, 6.45) is 0. The molecular formula is C12H8BrN3. The average Bonchev–Trinajstić information content (AvgIpc) is 2.75. The van der Waals surface area contributed by atoms with Crippen LogP contribution in [-0.2, 0) is 0 Å². The molecule has 3 rings (SSSR count). The van der Waals surface area contributed by atoms with Crippen molar-refractivity contribution in [1.29, 1.82) is 0 Å². The lowest BCUT2D eigenvalue weighted by molar-refractivity contribution is 0.840. The fraction of sp³-hybridized carbons (Fsp3) is 0. The van der Waals surface area contributed by atoms with Crippen molar-refractivity contribution in [3.8, 4) is 11.3 Å². The van der Waals surface area contributed by atoms with Gasteiger partial charge in [0.1, 0.15) is 10.3 Å². The summed E-state index contributed by atoms with van der Waals surface area (Å²) >= 11 is 3.44. The molecule has 0 N–H and O–H groups in total. The molecule has 0 aliphatic heterocycles. The van der Waals surface area contributed by atoms with Gasteiger partial charge in [-0.1, -0.05) is 41.6 Å². The molecule has 0 saturated carbocycles. The zero-order valence-electron chi connectivity index (χ0n) is 8.34. The maximum absolute atomic E-state index is 4.21. The Morgan fingerprint density at radius 1 is 0.938 bits per heavy atom. The van der Waals surface area contributed by atoms with Crippen LogP contribution in [0.1, 0.15) is 0 Å². The second-order valence-corrected chi connectivity index (χ2v) is 4.26. The molecule has 0 aliphatic carbocycles. The topological polar surface area (TPSA) is 30.2 Å². The molecule has 0 aliphatic rings. The number of hydrogen-bond acceptors (Lipinski definition) is 2.